The third-order valence-corrected chi connectivity index (χ3v) is 6.77. The maximum Gasteiger partial charge on any atom is 0.446 e. The molecule has 0 amide bonds. The highest BCUT2D eigenvalue weighted by molar-refractivity contribution is 8.00. The monoisotopic (exact) mass is 523 g/mol. The number of aryl methyl sites for hydroxylation is 1. The minimum Gasteiger partial charge on any atom is -0.457 e. The minimum atomic E-state index is -4.39. The molecule has 0 aliphatic carbocycles. The molecule has 0 fully saturated rings. The van der Waals surface area contributed by atoms with Gasteiger partial charge in [0.1, 0.15) is 11.5 Å². The van der Waals surface area contributed by atoms with E-state index in [0.29, 0.717) is 22.1 Å². The van der Waals surface area contributed by atoms with Crippen LogP contribution in [0.1, 0.15) is 31.9 Å². The zero-order valence-corrected chi connectivity index (χ0v) is 21.4. The predicted octanol–water partition coefficient (Wildman–Crippen LogP) is 8.33. The Hall–Kier alpha value is -2.35. The van der Waals surface area contributed by atoms with Gasteiger partial charge in [-0.1, -0.05) is 56.6 Å². The van der Waals surface area contributed by atoms with Crippen molar-refractivity contribution in [3.63, 3.8) is 0 Å². The predicted molar refractivity (Wildman–Crippen MR) is 138 cm³/mol. The molecule has 0 aromatic heterocycles. The molecule has 1 atom stereocenters. The Morgan fingerprint density at radius 2 is 1.69 bits per heavy atom. The molecule has 1 N–H and O–H groups in total. The van der Waals surface area contributed by atoms with Crippen molar-refractivity contribution in [1.29, 1.82) is 0 Å². The average Bonchev–Trinajstić information content (AvgIpc) is 2.80. The van der Waals surface area contributed by atoms with E-state index in [9.17, 15) is 18.3 Å². The summed E-state index contributed by atoms with van der Waals surface area (Å²) in [5.74, 6) is 1.20. The third kappa shape index (κ3) is 8.09. The van der Waals surface area contributed by atoms with E-state index >= 15 is 0 Å². The Morgan fingerprint density at radius 3 is 2.37 bits per heavy atom. The lowest BCUT2D eigenvalue weighted by atomic mass is 10.1. The molecule has 0 spiro atoms. The fraction of sp³-hybridized carbons (Fsp3) is 0.333. The molecule has 35 heavy (non-hydrogen) atoms. The van der Waals surface area contributed by atoms with Crippen molar-refractivity contribution >= 4 is 29.1 Å². The first-order valence-corrected chi connectivity index (χ1v) is 12.6. The number of halogens is 4. The summed E-state index contributed by atoms with van der Waals surface area (Å²) in [7, 11) is 0. The molecule has 0 heterocycles. The number of hydrogen-bond acceptors (Lipinski definition) is 4. The van der Waals surface area contributed by atoms with E-state index in [-0.39, 0.29) is 35.7 Å². The van der Waals surface area contributed by atoms with Crippen LogP contribution >= 0.6 is 23.4 Å². The minimum absolute atomic E-state index is 0.0155. The summed E-state index contributed by atoms with van der Waals surface area (Å²) in [6.45, 7) is 6.28. The van der Waals surface area contributed by atoms with Crippen molar-refractivity contribution in [1.82, 2.24) is 0 Å². The second kappa shape index (κ2) is 12.1. The number of thioether (sulfide) groups is 1. The van der Waals surface area contributed by atoms with Crippen molar-refractivity contribution in [3.05, 3.63) is 82.9 Å². The van der Waals surface area contributed by atoms with Gasteiger partial charge in [-0.3, -0.25) is 0 Å². The van der Waals surface area contributed by atoms with Crippen LogP contribution in [0.3, 0.4) is 0 Å². The Bertz CT molecular complexity index is 1120. The van der Waals surface area contributed by atoms with Crippen molar-refractivity contribution in [2.24, 2.45) is 5.92 Å². The van der Waals surface area contributed by atoms with Gasteiger partial charge in [0.05, 0.1) is 6.10 Å². The van der Waals surface area contributed by atoms with Crippen LogP contribution in [0.25, 0.3) is 0 Å². The highest BCUT2D eigenvalue weighted by Crippen LogP contribution is 2.39. The van der Waals surface area contributed by atoms with Crippen LogP contribution in [0.5, 0.6) is 11.5 Å². The lowest BCUT2D eigenvalue weighted by molar-refractivity contribution is -0.0328. The van der Waals surface area contributed by atoms with Crippen molar-refractivity contribution < 1.29 is 23.0 Å². The van der Waals surface area contributed by atoms with E-state index in [2.05, 4.69) is 0 Å². The summed E-state index contributed by atoms with van der Waals surface area (Å²) >= 11 is 6.09. The lowest BCUT2D eigenvalue weighted by Gasteiger charge is -2.30. The molecule has 0 aliphatic heterocycles. The van der Waals surface area contributed by atoms with Gasteiger partial charge >= 0.3 is 5.51 Å². The number of hydrogen-bond donors (Lipinski definition) is 1. The van der Waals surface area contributed by atoms with E-state index in [1.807, 2.05) is 56.0 Å². The fourth-order valence-electron chi connectivity index (χ4n) is 3.53. The molecule has 3 rings (SSSR count). The molecule has 0 bridgehead atoms. The molecule has 188 valence electrons. The van der Waals surface area contributed by atoms with E-state index in [4.69, 9.17) is 16.3 Å². The van der Waals surface area contributed by atoms with Gasteiger partial charge in [0.25, 0.3) is 0 Å². The molecule has 0 saturated carbocycles. The number of ether oxygens (including phenoxy) is 1. The van der Waals surface area contributed by atoms with Gasteiger partial charge in [0.15, 0.2) is 0 Å². The van der Waals surface area contributed by atoms with Gasteiger partial charge in [0.2, 0.25) is 0 Å². The fourth-order valence-corrected chi connectivity index (χ4v) is 4.44. The highest BCUT2D eigenvalue weighted by Gasteiger charge is 2.30. The summed E-state index contributed by atoms with van der Waals surface area (Å²) in [6.07, 6.45) is 0.108. The number of alkyl halides is 3. The van der Waals surface area contributed by atoms with Crippen molar-refractivity contribution in [2.45, 2.75) is 50.2 Å². The molecule has 0 saturated heterocycles. The largest absolute Gasteiger partial charge is 0.457 e. The first-order valence-electron chi connectivity index (χ1n) is 11.4. The molecule has 0 aliphatic rings. The second-order valence-electron chi connectivity index (χ2n) is 8.55. The van der Waals surface area contributed by atoms with Crippen molar-refractivity contribution in [2.75, 3.05) is 11.4 Å². The van der Waals surface area contributed by atoms with Gasteiger partial charge < -0.3 is 14.7 Å². The van der Waals surface area contributed by atoms with E-state index in [1.165, 1.54) is 6.07 Å². The maximum absolute atomic E-state index is 13.1. The molecule has 0 radical (unpaired) electrons. The molecule has 1 unspecified atom stereocenters. The Labute approximate surface area is 213 Å². The Morgan fingerprint density at radius 1 is 0.971 bits per heavy atom. The number of anilines is 1. The van der Waals surface area contributed by atoms with Crippen LogP contribution in [-0.4, -0.2) is 23.3 Å². The topological polar surface area (TPSA) is 32.7 Å². The SMILES string of the molecule is CCc1cc(Oc2cccc(N(Cc3ccccc3SC(F)(F)F)CC(O)C(C)C)c2)ccc1Cl. The Balaban J connectivity index is 1.91. The number of nitrogens with zero attached hydrogens (tertiary/aromatic N) is 1. The maximum atomic E-state index is 13.1. The summed E-state index contributed by atoms with van der Waals surface area (Å²) < 4.78 is 45.4. The molecule has 3 aromatic rings. The quantitative estimate of drug-likeness (QED) is 0.271. The Kier molecular flexibility index (Phi) is 9.39. The van der Waals surface area contributed by atoms with Crippen LogP contribution in [-0.2, 0) is 13.0 Å². The van der Waals surface area contributed by atoms with Crippen LogP contribution < -0.4 is 9.64 Å². The summed E-state index contributed by atoms with van der Waals surface area (Å²) in [4.78, 5) is 2.02. The standard InChI is InChI=1S/C27H29ClF3NO2S/c1-4-19-14-23(12-13-24(19)28)34-22-10-7-9-21(15-22)32(17-25(33)18(2)3)16-20-8-5-6-11-26(20)35-27(29,30)31/h5-15,18,25,33H,4,16-17H2,1-3H3. The normalized spacial score (nSPS) is 12.6. The highest BCUT2D eigenvalue weighted by atomic mass is 35.5. The number of aliphatic hydroxyl groups is 1. The summed E-state index contributed by atoms with van der Waals surface area (Å²) in [6, 6.07) is 19.3. The van der Waals surface area contributed by atoms with Gasteiger partial charge in [-0.15, -0.1) is 0 Å². The van der Waals surface area contributed by atoms with Crippen LogP contribution in [0.2, 0.25) is 5.02 Å². The van der Waals surface area contributed by atoms with Gasteiger partial charge in [0, 0.05) is 34.8 Å². The van der Waals surface area contributed by atoms with Crippen LogP contribution in [0, 0.1) is 5.92 Å². The number of benzene rings is 3. The van der Waals surface area contributed by atoms with E-state index < -0.39 is 11.6 Å². The molecule has 3 aromatic carbocycles. The second-order valence-corrected chi connectivity index (χ2v) is 10.1. The summed E-state index contributed by atoms with van der Waals surface area (Å²) in [5, 5.41) is 11.3. The zero-order chi connectivity index (χ0) is 25.6. The zero-order valence-electron chi connectivity index (χ0n) is 19.8. The number of rotatable bonds is 10. The summed E-state index contributed by atoms with van der Waals surface area (Å²) in [5.41, 5.74) is -2.15. The van der Waals surface area contributed by atoms with E-state index in [0.717, 1.165) is 17.7 Å². The number of aliphatic hydroxyl groups excluding tert-OH is 1. The van der Waals surface area contributed by atoms with Crippen LogP contribution in [0.4, 0.5) is 18.9 Å². The lowest BCUT2D eigenvalue weighted by Crippen LogP contribution is -2.35. The first kappa shape index (κ1) is 27.2. The van der Waals surface area contributed by atoms with Gasteiger partial charge in [-0.25, -0.2) is 0 Å². The van der Waals surface area contributed by atoms with Crippen molar-refractivity contribution in [3.8, 4) is 11.5 Å². The van der Waals surface area contributed by atoms with Gasteiger partial charge in [-0.05, 0) is 71.6 Å². The molecule has 8 heteroatoms. The van der Waals surface area contributed by atoms with Crippen LogP contribution in [0.15, 0.2) is 71.6 Å². The molecule has 3 nitrogen and oxygen atoms in total. The molecular weight excluding hydrogens is 495 g/mol. The third-order valence-electron chi connectivity index (χ3n) is 5.55. The average molecular weight is 524 g/mol. The molecular formula is C27H29ClF3NO2S. The first-order chi connectivity index (χ1) is 16.6. The van der Waals surface area contributed by atoms with E-state index in [1.54, 1.807) is 30.3 Å². The van der Waals surface area contributed by atoms with Gasteiger partial charge in [-0.2, -0.15) is 13.2 Å². The smallest absolute Gasteiger partial charge is 0.446 e.